The van der Waals surface area contributed by atoms with E-state index in [0.717, 1.165) is 19.0 Å². The van der Waals surface area contributed by atoms with E-state index in [1.54, 1.807) is 0 Å². The van der Waals surface area contributed by atoms with Gasteiger partial charge in [0.15, 0.2) is 0 Å². The van der Waals surface area contributed by atoms with Crippen LogP contribution in [0.3, 0.4) is 0 Å². The maximum Gasteiger partial charge on any atom is 0.0234 e. The first-order valence-corrected chi connectivity index (χ1v) is 7.74. The summed E-state index contributed by atoms with van der Waals surface area (Å²) < 4.78 is 1.18. The lowest BCUT2D eigenvalue weighted by Crippen LogP contribution is -2.36. The molecule has 0 bridgehead atoms. The fourth-order valence-corrected chi connectivity index (χ4v) is 3.04. The van der Waals surface area contributed by atoms with Crippen LogP contribution in [0.25, 0.3) is 0 Å². The summed E-state index contributed by atoms with van der Waals surface area (Å²) in [5.41, 5.74) is 1.41. The standard InChI is InChI=1S/C15H23BrN2.ClH/c1-2-17-11-13-6-8-18(9-7-13)12-14-4-3-5-15(16)10-14;/h3-5,10,13,17H,2,6-9,11-12H2,1H3;1H. The van der Waals surface area contributed by atoms with Crippen molar-refractivity contribution in [1.82, 2.24) is 10.2 Å². The van der Waals surface area contributed by atoms with Gasteiger partial charge >= 0.3 is 0 Å². The Hall–Kier alpha value is -0.0900. The number of benzene rings is 1. The van der Waals surface area contributed by atoms with E-state index in [4.69, 9.17) is 0 Å². The summed E-state index contributed by atoms with van der Waals surface area (Å²) in [6.45, 7) is 8.04. The SMILES string of the molecule is CCNCC1CCN(Cc2cccc(Br)c2)CC1.Cl. The Morgan fingerprint density at radius 1 is 1.32 bits per heavy atom. The van der Waals surface area contributed by atoms with Gasteiger partial charge in [-0.05, 0) is 62.6 Å². The smallest absolute Gasteiger partial charge is 0.0234 e. The highest BCUT2D eigenvalue weighted by Gasteiger charge is 2.18. The summed E-state index contributed by atoms with van der Waals surface area (Å²) in [5, 5.41) is 3.47. The fraction of sp³-hybridized carbons (Fsp3) is 0.600. The minimum Gasteiger partial charge on any atom is -0.317 e. The Bertz CT molecular complexity index is 365. The third-order valence-corrected chi connectivity index (χ3v) is 4.18. The van der Waals surface area contributed by atoms with Gasteiger partial charge in [-0.2, -0.15) is 0 Å². The monoisotopic (exact) mass is 346 g/mol. The lowest BCUT2D eigenvalue weighted by molar-refractivity contribution is 0.176. The summed E-state index contributed by atoms with van der Waals surface area (Å²) in [6, 6.07) is 8.66. The first-order chi connectivity index (χ1) is 8.78. The maximum absolute atomic E-state index is 3.54. The molecule has 2 rings (SSSR count). The predicted octanol–water partition coefficient (Wildman–Crippen LogP) is 3.69. The summed E-state index contributed by atoms with van der Waals surface area (Å²) in [4.78, 5) is 2.57. The van der Waals surface area contributed by atoms with Crippen molar-refractivity contribution in [2.75, 3.05) is 26.2 Å². The molecule has 4 heteroatoms. The second kappa shape index (κ2) is 8.96. The van der Waals surface area contributed by atoms with Crippen LogP contribution >= 0.6 is 28.3 Å². The summed E-state index contributed by atoms with van der Waals surface area (Å²) in [6.07, 6.45) is 2.67. The second-order valence-corrected chi connectivity index (χ2v) is 6.07. The number of hydrogen-bond acceptors (Lipinski definition) is 2. The highest BCUT2D eigenvalue weighted by atomic mass is 79.9. The molecule has 1 aliphatic rings. The lowest BCUT2D eigenvalue weighted by Gasteiger charge is -2.32. The van der Waals surface area contributed by atoms with Gasteiger partial charge in [0, 0.05) is 11.0 Å². The Labute approximate surface area is 131 Å². The molecule has 0 saturated carbocycles. The minimum absolute atomic E-state index is 0. The van der Waals surface area contributed by atoms with Crippen LogP contribution in [0.1, 0.15) is 25.3 Å². The molecule has 0 amide bonds. The zero-order valence-electron chi connectivity index (χ0n) is 11.6. The molecule has 108 valence electrons. The summed E-state index contributed by atoms with van der Waals surface area (Å²) >= 11 is 3.54. The molecule has 1 heterocycles. The fourth-order valence-electron chi connectivity index (χ4n) is 2.59. The van der Waals surface area contributed by atoms with Crippen LogP contribution in [0.5, 0.6) is 0 Å². The molecule has 19 heavy (non-hydrogen) atoms. The zero-order valence-corrected chi connectivity index (χ0v) is 14.0. The van der Waals surface area contributed by atoms with Crippen LogP contribution in [0.4, 0.5) is 0 Å². The number of piperidine rings is 1. The van der Waals surface area contributed by atoms with E-state index in [9.17, 15) is 0 Å². The van der Waals surface area contributed by atoms with Crippen LogP contribution in [0, 0.1) is 5.92 Å². The molecule has 0 aromatic heterocycles. The van der Waals surface area contributed by atoms with E-state index >= 15 is 0 Å². The van der Waals surface area contributed by atoms with Crippen molar-refractivity contribution < 1.29 is 0 Å². The Morgan fingerprint density at radius 3 is 2.68 bits per heavy atom. The van der Waals surface area contributed by atoms with E-state index < -0.39 is 0 Å². The van der Waals surface area contributed by atoms with Crippen molar-refractivity contribution in [3.05, 3.63) is 34.3 Å². The van der Waals surface area contributed by atoms with Gasteiger partial charge in [0.1, 0.15) is 0 Å². The first kappa shape index (κ1) is 17.0. The average molecular weight is 348 g/mol. The zero-order chi connectivity index (χ0) is 12.8. The van der Waals surface area contributed by atoms with Crippen molar-refractivity contribution in [1.29, 1.82) is 0 Å². The number of hydrogen-bond donors (Lipinski definition) is 1. The van der Waals surface area contributed by atoms with Crippen LogP contribution in [0.15, 0.2) is 28.7 Å². The highest BCUT2D eigenvalue weighted by Crippen LogP contribution is 2.19. The first-order valence-electron chi connectivity index (χ1n) is 6.95. The minimum atomic E-state index is 0. The van der Waals surface area contributed by atoms with Gasteiger partial charge in [-0.15, -0.1) is 12.4 Å². The highest BCUT2D eigenvalue weighted by molar-refractivity contribution is 9.10. The van der Waals surface area contributed by atoms with Crippen molar-refractivity contribution in [3.8, 4) is 0 Å². The van der Waals surface area contributed by atoms with Gasteiger partial charge in [-0.3, -0.25) is 4.90 Å². The molecular formula is C15H24BrClN2. The number of nitrogens with zero attached hydrogens (tertiary/aromatic N) is 1. The summed E-state index contributed by atoms with van der Waals surface area (Å²) in [7, 11) is 0. The van der Waals surface area contributed by atoms with Crippen molar-refractivity contribution in [2.24, 2.45) is 5.92 Å². The van der Waals surface area contributed by atoms with E-state index in [0.29, 0.717) is 0 Å². The molecular weight excluding hydrogens is 324 g/mol. The van der Waals surface area contributed by atoms with Gasteiger partial charge in [0.05, 0.1) is 0 Å². The molecule has 0 spiro atoms. The molecule has 2 nitrogen and oxygen atoms in total. The van der Waals surface area contributed by atoms with E-state index in [-0.39, 0.29) is 12.4 Å². The molecule has 1 aromatic carbocycles. The van der Waals surface area contributed by atoms with Gasteiger partial charge in [0.25, 0.3) is 0 Å². The number of halogens is 2. The number of nitrogens with one attached hydrogen (secondary N) is 1. The third kappa shape index (κ3) is 5.82. The summed E-state index contributed by atoms with van der Waals surface area (Å²) in [5.74, 6) is 0.878. The molecule has 0 atom stereocenters. The lowest BCUT2D eigenvalue weighted by atomic mass is 9.96. The number of likely N-dealkylation sites (tertiary alicyclic amines) is 1. The van der Waals surface area contributed by atoms with Crippen LogP contribution in [-0.2, 0) is 6.54 Å². The van der Waals surface area contributed by atoms with Crippen molar-refractivity contribution >= 4 is 28.3 Å². The van der Waals surface area contributed by atoms with E-state index in [1.165, 1.54) is 42.5 Å². The largest absolute Gasteiger partial charge is 0.317 e. The van der Waals surface area contributed by atoms with E-state index in [1.807, 2.05) is 0 Å². The van der Waals surface area contributed by atoms with Crippen LogP contribution in [0.2, 0.25) is 0 Å². The molecule has 0 aliphatic carbocycles. The maximum atomic E-state index is 3.54. The van der Waals surface area contributed by atoms with Gasteiger partial charge in [0.2, 0.25) is 0 Å². The molecule has 0 unspecified atom stereocenters. The van der Waals surface area contributed by atoms with Gasteiger partial charge in [-0.1, -0.05) is 35.0 Å². The van der Waals surface area contributed by atoms with Crippen LogP contribution in [-0.4, -0.2) is 31.1 Å². The van der Waals surface area contributed by atoms with Gasteiger partial charge in [-0.25, -0.2) is 0 Å². The molecule has 1 saturated heterocycles. The molecule has 1 N–H and O–H groups in total. The van der Waals surface area contributed by atoms with Crippen molar-refractivity contribution in [2.45, 2.75) is 26.3 Å². The number of rotatable bonds is 5. The Balaban J connectivity index is 0.00000180. The third-order valence-electron chi connectivity index (χ3n) is 3.69. The Morgan fingerprint density at radius 2 is 2.05 bits per heavy atom. The molecule has 0 radical (unpaired) electrons. The average Bonchev–Trinajstić information content (AvgIpc) is 2.38. The molecule has 1 aliphatic heterocycles. The molecule has 1 fully saturated rings. The van der Waals surface area contributed by atoms with Gasteiger partial charge < -0.3 is 5.32 Å². The van der Waals surface area contributed by atoms with Crippen molar-refractivity contribution in [3.63, 3.8) is 0 Å². The van der Waals surface area contributed by atoms with Crippen LogP contribution < -0.4 is 5.32 Å². The van der Waals surface area contributed by atoms with E-state index in [2.05, 4.69) is 57.3 Å². The molecule has 1 aromatic rings. The Kier molecular flexibility index (Phi) is 8.00. The normalized spacial score (nSPS) is 17.2. The quantitative estimate of drug-likeness (QED) is 0.874. The second-order valence-electron chi connectivity index (χ2n) is 5.16. The topological polar surface area (TPSA) is 15.3 Å². The predicted molar refractivity (Wildman–Crippen MR) is 87.9 cm³/mol.